The molecule has 0 aliphatic carbocycles. The molecule has 0 heterocycles. The van der Waals surface area contributed by atoms with Gasteiger partial charge >= 0.3 is 5.97 Å². The smallest absolute Gasteiger partial charge is 0.306 e. The number of hydrogen-bond acceptors (Lipinski definition) is 1. The summed E-state index contributed by atoms with van der Waals surface area (Å²) in [5.74, 6) is -1.74. The SMILES string of the molecule is CCC(Cc1cc(F)c(C)cc1Cl)C(=O)O. The molecule has 88 valence electrons. The quantitative estimate of drug-likeness (QED) is 0.881. The van der Waals surface area contributed by atoms with Crippen LogP contribution in [0.3, 0.4) is 0 Å². The molecule has 0 spiro atoms. The predicted molar refractivity (Wildman–Crippen MR) is 61.3 cm³/mol. The first kappa shape index (κ1) is 13.0. The van der Waals surface area contributed by atoms with Gasteiger partial charge in [0.15, 0.2) is 0 Å². The van der Waals surface area contributed by atoms with Crippen LogP contribution in [0.25, 0.3) is 0 Å². The molecule has 0 saturated carbocycles. The number of carboxylic acids is 1. The fourth-order valence-corrected chi connectivity index (χ4v) is 1.81. The van der Waals surface area contributed by atoms with Crippen LogP contribution in [0.5, 0.6) is 0 Å². The fraction of sp³-hybridized carbons (Fsp3) is 0.417. The first-order valence-electron chi connectivity index (χ1n) is 5.13. The number of aliphatic carboxylic acids is 1. The Morgan fingerprint density at radius 3 is 2.69 bits per heavy atom. The third-order valence-corrected chi connectivity index (χ3v) is 2.99. The Balaban J connectivity index is 2.96. The minimum Gasteiger partial charge on any atom is -0.481 e. The number of halogens is 2. The maximum absolute atomic E-state index is 13.3. The summed E-state index contributed by atoms with van der Waals surface area (Å²) in [5, 5.41) is 9.34. The van der Waals surface area contributed by atoms with Crippen molar-refractivity contribution < 1.29 is 14.3 Å². The molecule has 1 atom stereocenters. The van der Waals surface area contributed by atoms with Crippen LogP contribution >= 0.6 is 11.6 Å². The lowest BCUT2D eigenvalue weighted by Gasteiger charge is -2.11. The topological polar surface area (TPSA) is 37.3 Å². The van der Waals surface area contributed by atoms with Crippen molar-refractivity contribution in [3.63, 3.8) is 0 Å². The summed E-state index contributed by atoms with van der Waals surface area (Å²) in [6.07, 6.45) is 0.767. The average Bonchev–Trinajstić information content (AvgIpc) is 2.21. The third kappa shape index (κ3) is 2.95. The van der Waals surface area contributed by atoms with E-state index in [2.05, 4.69) is 0 Å². The normalized spacial score (nSPS) is 12.5. The Morgan fingerprint density at radius 2 is 2.19 bits per heavy atom. The summed E-state index contributed by atoms with van der Waals surface area (Å²) in [7, 11) is 0. The summed E-state index contributed by atoms with van der Waals surface area (Å²) in [5.41, 5.74) is 1.02. The van der Waals surface area contributed by atoms with Crippen LogP contribution < -0.4 is 0 Å². The monoisotopic (exact) mass is 244 g/mol. The second-order valence-electron chi connectivity index (χ2n) is 3.84. The van der Waals surface area contributed by atoms with Crippen molar-refractivity contribution in [1.82, 2.24) is 0 Å². The van der Waals surface area contributed by atoms with Crippen molar-refractivity contribution >= 4 is 17.6 Å². The zero-order valence-electron chi connectivity index (χ0n) is 9.26. The molecule has 1 aromatic carbocycles. The van der Waals surface area contributed by atoms with Crippen molar-refractivity contribution in [2.45, 2.75) is 26.7 Å². The van der Waals surface area contributed by atoms with Gasteiger partial charge in [0.1, 0.15) is 5.82 Å². The highest BCUT2D eigenvalue weighted by atomic mass is 35.5. The third-order valence-electron chi connectivity index (χ3n) is 2.64. The molecule has 1 unspecified atom stereocenters. The first-order chi connectivity index (χ1) is 7.45. The van der Waals surface area contributed by atoms with Gasteiger partial charge < -0.3 is 5.11 Å². The minimum absolute atomic E-state index is 0.266. The van der Waals surface area contributed by atoms with Crippen molar-refractivity contribution in [2.75, 3.05) is 0 Å². The molecule has 0 radical (unpaired) electrons. The number of benzene rings is 1. The van der Waals surface area contributed by atoms with E-state index >= 15 is 0 Å². The molecule has 16 heavy (non-hydrogen) atoms. The highest BCUT2D eigenvalue weighted by Crippen LogP contribution is 2.24. The first-order valence-corrected chi connectivity index (χ1v) is 5.50. The van der Waals surface area contributed by atoms with Gasteiger partial charge in [-0.1, -0.05) is 18.5 Å². The highest BCUT2D eigenvalue weighted by molar-refractivity contribution is 6.31. The minimum atomic E-state index is -0.875. The Kier molecular flexibility index (Phi) is 4.30. The van der Waals surface area contributed by atoms with Gasteiger partial charge in [0.25, 0.3) is 0 Å². The summed E-state index contributed by atoms with van der Waals surface area (Å²) >= 11 is 5.95. The second kappa shape index (κ2) is 5.30. The molecule has 0 amide bonds. The van der Waals surface area contributed by atoms with Gasteiger partial charge in [-0.15, -0.1) is 0 Å². The Bertz CT molecular complexity index is 404. The van der Waals surface area contributed by atoms with Gasteiger partial charge in [-0.05, 0) is 43.0 Å². The van der Waals surface area contributed by atoms with E-state index in [9.17, 15) is 9.18 Å². The van der Waals surface area contributed by atoms with Gasteiger partial charge in [0, 0.05) is 5.02 Å². The molecule has 1 rings (SSSR count). The number of rotatable bonds is 4. The standard InChI is InChI=1S/C12H14ClFO2/c1-3-8(12(15)16)5-9-6-11(14)7(2)4-10(9)13/h4,6,8H,3,5H2,1-2H3,(H,15,16). The molecular formula is C12H14ClFO2. The average molecular weight is 245 g/mol. The van der Waals surface area contributed by atoms with Gasteiger partial charge in [-0.25, -0.2) is 4.39 Å². The Morgan fingerprint density at radius 1 is 1.56 bits per heavy atom. The van der Waals surface area contributed by atoms with E-state index in [4.69, 9.17) is 16.7 Å². The molecule has 0 fully saturated rings. The summed E-state index contributed by atoms with van der Waals surface area (Å²) in [4.78, 5) is 10.9. The molecule has 0 bridgehead atoms. The summed E-state index contributed by atoms with van der Waals surface area (Å²) in [6.45, 7) is 3.41. The molecule has 1 N–H and O–H groups in total. The molecular weight excluding hydrogens is 231 g/mol. The predicted octanol–water partition coefficient (Wildman–Crippen LogP) is 3.44. The Hall–Kier alpha value is -1.09. The van der Waals surface area contributed by atoms with Gasteiger partial charge in [0.2, 0.25) is 0 Å². The molecule has 0 saturated heterocycles. The largest absolute Gasteiger partial charge is 0.481 e. The van der Waals surface area contributed by atoms with Crippen molar-refractivity contribution in [2.24, 2.45) is 5.92 Å². The number of carbonyl (C=O) groups is 1. The lowest BCUT2D eigenvalue weighted by molar-refractivity contribution is -0.141. The lowest BCUT2D eigenvalue weighted by Crippen LogP contribution is -2.15. The van der Waals surface area contributed by atoms with Gasteiger partial charge in [-0.2, -0.15) is 0 Å². The molecule has 0 aliphatic heterocycles. The van der Waals surface area contributed by atoms with Crippen LogP contribution in [-0.4, -0.2) is 11.1 Å². The van der Waals surface area contributed by atoms with Crippen LogP contribution in [0.2, 0.25) is 5.02 Å². The van der Waals surface area contributed by atoms with E-state index < -0.39 is 11.9 Å². The van der Waals surface area contributed by atoms with Gasteiger partial charge in [0.05, 0.1) is 5.92 Å². The van der Waals surface area contributed by atoms with Crippen LogP contribution in [0.4, 0.5) is 4.39 Å². The number of aryl methyl sites for hydroxylation is 1. The van der Waals surface area contributed by atoms with E-state index in [1.807, 2.05) is 0 Å². The maximum atomic E-state index is 13.3. The fourth-order valence-electron chi connectivity index (χ4n) is 1.52. The van der Waals surface area contributed by atoms with Crippen molar-refractivity contribution in [3.05, 3.63) is 34.1 Å². The summed E-state index contributed by atoms with van der Waals surface area (Å²) < 4.78 is 13.3. The van der Waals surface area contributed by atoms with E-state index in [-0.39, 0.29) is 12.2 Å². The highest BCUT2D eigenvalue weighted by Gasteiger charge is 2.18. The van der Waals surface area contributed by atoms with Crippen LogP contribution in [-0.2, 0) is 11.2 Å². The zero-order chi connectivity index (χ0) is 12.3. The van der Waals surface area contributed by atoms with E-state index in [0.717, 1.165) is 0 Å². The van der Waals surface area contributed by atoms with Crippen molar-refractivity contribution in [3.8, 4) is 0 Å². The van der Waals surface area contributed by atoms with Crippen LogP contribution in [0.15, 0.2) is 12.1 Å². The van der Waals surface area contributed by atoms with E-state index in [1.54, 1.807) is 13.8 Å². The molecule has 0 aromatic heterocycles. The van der Waals surface area contributed by atoms with Crippen molar-refractivity contribution in [1.29, 1.82) is 0 Å². The molecule has 1 aromatic rings. The maximum Gasteiger partial charge on any atom is 0.306 e. The number of carboxylic acid groups (broad SMARTS) is 1. The van der Waals surface area contributed by atoms with E-state index in [1.165, 1.54) is 12.1 Å². The number of hydrogen-bond donors (Lipinski definition) is 1. The van der Waals surface area contributed by atoms with E-state index in [0.29, 0.717) is 22.6 Å². The molecule has 4 heteroatoms. The Labute approximate surface area is 99.0 Å². The summed E-state index contributed by atoms with van der Waals surface area (Å²) in [6, 6.07) is 2.85. The molecule has 2 nitrogen and oxygen atoms in total. The zero-order valence-corrected chi connectivity index (χ0v) is 10.0. The lowest BCUT2D eigenvalue weighted by atomic mass is 9.96. The second-order valence-corrected chi connectivity index (χ2v) is 4.25. The van der Waals surface area contributed by atoms with Gasteiger partial charge in [-0.3, -0.25) is 4.79 Å². The molecule has 0 aliphatic rings. The van der Waals surface area contributed by atoms with Crippen LogP contribution in [0.1, 0.15) is 24.5 Å². The van der Waals surface area contributed by atoms with Crippen LogP contribution in [0, 0.1) is 18.7 Å².